The molecule has 1 aromatic carbocycles. The lowest BCUT2D eigenvalue weighted by atomic mass is 10.2. The van der Waals surface area contributed by atoms with E-state index < -0.39 is 0 Å². The summed E-state index contributed by atoms with van der Waals surface area (Å²) < 4.78 is 0. The number of hydrogen-bond donors (Lipinski definition) is 1. The predicted molar refractivity (Wildman–Crippen MR) is 88.8 cm³/mol. The lowest BCUT2D eigenvalue weighted by Gasteiger charge is -2.22. The number of nitrogens with zero attached hydrogens (tertiary/aromatic N) is 1. The maximum atomic E-state index is 3.74. The number of fused-ring (bicyclic) bond motifs is 1. The Bertz CT molecular complexity index is 403. The summed E-state index contributed by atoms with van der Waals surface area (Å²) in [6.45, 7) is 3.44. The fourth-order valence-electron chi connectivity index (χ4n) is 2.78. The first-order chi connectivity index (χ1) is 9.43. The van der Waals surface area contributed by atoms with Crippen molar-refractivity contribution in [3.05, 3.63) is 29.8 Å². The number of nitrogens with one attached hydrogen (secondary N) is 1. The Balaban J connectivity index is 1.45. The van der Waals surface area contributed by atoms with E-state index in [2.05, 4.69) is 58.0 Å². The van der Waals surface area contributed by atoms with E-state index >= 15 is 0 Å². The molecule has 0 amide bonds. The molecule has 1 aromatic rings. The number of thioether (sulfide) groups is 2. The van der Waals surface area contributed by atoms with Gasteiger partial charge in [0.25, 0.3) is 0 Å². The molecule has 1 fully saturated rings. The monoisotopic (exact) mass is 294 g/mol. The minimum atomic E-state index is 0.704. The molecule has 0 atom stereocenters. The van der Waals surface area contributed by atoms with Gasteiger partial charge in [-0.05, 0) is 18.1 Å². The highest BCUT2D eigenvalue weighted by atomic mass is 32.2. The molecule has 3 rings (SSSR count). The van der Waals surface area contributed by atoms with Crippen LogP contribution in [-0.2, 0) is 6.42 Å². The van der Waals surface area contributed by atoms with E-state index in [1.54, 1.807) is 0 Å². The van der Waals surface area contributed by atoms with Gasteiger partial charge in [0.1, 0.15) is 0 Å². The second-order valence-electron chi connectivity index (χ2n) is 5.17. The minimum absolute atomic E-state index is 0.704. The van der Waals surface area contributed by atoms with Gasteiger partial charge in [0.05, 0.1) is 0 Å². The Morgan fingerprint density at radius 2 is 1.95 bits per heavy atom. The van der Waals surface area contributed by atoms with Crippen LogP contribution in [0.4, 0.5) is 5.69 Å². The second kappa shape index (κ2) is 6.91. The largest absolute Gasteiger partial charge is 0.370 e. The number of hydrogen-bond acceptors (Lipinski definition) is 4. The number of benzene rings is 1. The van der Waals surface area contributed by atoms with E-state index in [4.69, 9.17) is 0 Å². The molecule has 0 unspecified atom stereocenters. The van der Waals surface area contributed by atoms with Gasteiger partial charge in [-0.2, -0.15) is 23.5 Å². The zero-order chi connectivity index (χ0) is 12.9. The topological polar surface area (TPSA) is 15.3 Å². The van der Waals surface area contributed by atoms with Crippen molar-refractivity contribution in [3.63, 3.8) is 0 Å². The Labute approximate surface area is 124 Å². The van der Waals surface area contributed by atoms with Crippen molar-refractivity contribution in [2.75, 3.05) is 47.5 Å². The highest BCUT2D eigenvalue weighted by Crippen LogP contribution is 2.26. The number of rotatable bonds is 4. The van der Waals surface area contributed by atoms with Crippen LogP contribution in [0.5, 0.6) is 0 Å². The lowest BCUT2D eigenvalue weighted by Crippen LogP contribution is -2.39. The molecule has 4 heteroatoms. The summed E-state index contributed by atoms with van der Waals surface area (Å²) in [6.07, 6.45) is 1.21. The van der Waals surface area contributed by atoms with Crippen molar-refractivity contribution >= 4 is 29.2 Å². The van der Waals surface area contributed by atoms with E-state index in [-0.39, 0.29) is 0 Å². The van der Waals surface area contributed by atoms with E-state index in [1.807, 2.05) is 0 Å². The highest BCUT2D eigenvalue weighted by Gasteiger charge is 2.18. The molecular formula is C15H22N2S2. The van der Waals surface area contributed by atoms with Crippen LogP contribution < -0.4 is 10.2 Å². The van der Waals surface area contributed by atoms with E-state index in [0.29, 0.717) is 6.04 Å². The molecule has 2 heterocycles. The maximum absolute atomic E-state index is 3.74. The lowest BCUT2D eigenvalue weighted by molar-refractivity contribution is 0.598. The van der Waals surface area contributed by atoms with E-state index in [9.17, 15) is 0 Å². The Morgan fingerprint density at radius 3 is 2.79 bits per heavy atom. The summed E-state index contributed by atoms with van der Waals surface area (Å²) in [5, 5.41) is 3.74. The SMILES string of the molecule is c1ccc2c(c1)CCN2CCNC1CSCCSC1. The molecule has 1 N–H and O–H groups in total. The van der Waals surface area contributed by atoms with Crippen molar-refractivity contribution in [2.45, 2.75) is 12.5 Å². The Morgan fingerprint density at radius 1 is 1.16 bits per heavy atom. The van der Waals surface area contributed by atoms with Crippen molar-refractivity contribution in [3.8, 4) is 0 Å². The third kappa shape index (κ3) is 3.61. The zero-order valence-electron chi connectivity index (χ0n) is 11.3. The number of anilines is 1. The normalized spacial score (nSPS) is 20.3. The summed E-state index contributed by atoms with van der Waals surface area (Å²) in [5.41, 5.74) is 2.97. The molecule has 0 aliphatic carbocycles. The van der Waals surface area contributed by atoms with Crippen molar-refractivity contribution in [1.29, 1.82) is 0 Å². The van der Waals surface area contributed by atoms with Crippen molar-refractivity contribution < 1.29 is 0 Å². The first kappa shape index (κ1) is 13.7. The molecule has 2 aliphatic rings. The van der Waals surface area contributed by atoms with Crippen LogP contribution in [0.2, 0.25) is 0 Å². The Hall–Kier alpha value is -0.320. The van der Waals surface area contributed by atoms with Gasteiger partial charge in [-0.25, -0.2) is 0 Å². The Kier molecular flexibility index (Phi) is 4.97. The summed E-state index contributed by atoms with van der Waals surface area (Å²) in [7, 11) is 0. The quantitative estimate of drug-likeness (QED) is 0.917. The molecule has 2 nitrogen and oxygen atoms in total. The molecule has 0 spiro atoms. The molecule has 0 aromatic heterocycles. The molecule has 1 saturated heterocycles. The summed E-state index contributed by atoms with van der Waals surface area (Å²) in [6, 6.07) is 9.54. The van der Waals surface area contributed by atoms with Gasteiger partial charge >= 0.3 is 0 Å². The fourth-order valence-corrected chi connectivity index (χ4v) is 5.24. The van der Waals surface area contributed by atoms with Crippen LogP contribution in [0.15, 0.2) is 24.3 Å². The molecule has 104 valence electrons. The van der Waals surface area contributed by atoms with Crippen molar-refractivity contribution in [2.24, 2.45) is 0 Å². The zero-order valence-corrected chi connectivity index (χ0v) is 12.9. The third-order valence-corrected chi connectivity index (χ3v) is 6.33. The molecule has 0 saturated carbocycles. The van der Waals surface area contributed by atoms with Crippen molar-refractivity contribution in [1.82, 2.24) is 5.32 Å². The minimum Gasteiger partial charge on any atom is -0.370 e. The number of para-hydroxylation sites is 1. The van der Waals surface area contributed by atoms with Gasteiger partial charge in [0.15, 0.2) is 0 Å². The summed E-state index contributed by atoms with van der Waals surface area (Å²) >= 11 is 4.20. The second-order valence-corrected chi connectivity index (χ2v) is 7.47. The van der Waals surface area contributed by atoms with Gasteiger partial charge in [-0.1, -0.05) is 18.2 Å². The molecule has 0 radical (unpaired) electrons. The maximum Gasteiger partial charge on any atom is 0.0399 e. The van der Waals surface area contributed by atoms with Crippen LogP contribution in [0.1, 0.15) is 5.56 Å². The first-order valence-electron chi connectivity index (χ1n) is 7.15. The van der Waals surface area contributed by atoms with Gasteiger partial charge < -0.3 is 10.2 Å². The standard InChI is InChI=1S/C15H22N2S2/c1-2-4-15-13(3-1)5-7-17(15)8-6-16-14-11-18-9-10-19-12-14/h1-4,14,16H,5-12H2. The predicted octanol–water partition coefficient (Wildman–Crippen LogP) is 2.49. The average Bonchev–Trinajstić information content (AvgIpc) is 2.68. The molecular weight excluding hydrogens is 272 g/mol. The van der Waals surface area contributed by atoms with Crippen LogP contribution in [0, 0.1) is 0 Å². The first-order valence-corrected chi connectivity index (χ1v) is 9.46. The molecule has 0 bridgehead atoms. The van der Waals surface area contributed by atoms with Crippen LogP contribution in [0.3, 0.4) is 0 Å². The fraction of sp³-hybridized carbons (Fsp3) is 0.600. The molecule has 19 heavy (non-hydrogen) atoms. The van der Waals surface area contributed by atoms with Crippen LogP contribution in [0.25, 0.3) is 0 Å². The van der Waals surface area contributed by atoms with Gasteiger partial charge in [-0.15, -0.1) is 0 Å². The summed E-state index contributed by atoms with van der Waals surface area (Å²) in [4.78, 5) is 2.53. The smallest absolute Gasteiger partial charge is 0.0399 e. The van der Waals surface area contributed by atoms with Gasteiger partial charge in [0.2, 0.25) is 0 Å². The van der Waals surface area contributed by atoms with Crippen LogP contribution >= 0.6 is 23.5 Å². The van der Waals surface area contributed by atoms with E-state index in [1.165, 1.54) is 47.2 Å². The van der Waals surface area contributed by atoms with Crippen LogP contribution in [-0.4, -0.2) is 48.7 Å². The molecule has 2 aliphatic heterocycles. The average molecular weight is 294 g/mol. The highest BCUT2D eigenvalue weighted by molar-refractivity contribution is 8.03. The van der Waals surface area contributed by atoms with Gasteiger partial charge in [-0.3, -0.25) is 0 Å². The van der Waals surface area contributed by atoms with E-state index in [0.717, 1.165) is 13.1 Å². The van der Waals surface area contributed by atoms with Gasteiger partial charge in [0, 0.05) is 54.4 Å². The summed E-state index contributed by atoms with van der Waals surface area (Å²) in [5.74, 6) is 5.21. The third-order valence-electron chi connectivity index (χ3n) is 3.81.